The van der Waals surface area contributed by atoms with Crippen molar-refractivity contribution in [2.24, 2.45) is 41.4 Å². The van der Waals surface area contributed by atoms with E-state index in [0.29, 0.717) is 0 Å². The molecule has 590 valence electrons. The van der Waals surface area contributed by atoms with Gasteiger partial charge >= 0.3 is 12.1 Å². The molecule has 1 heterocycles. The lowest BCUT2D eigenvalue weighted by atomic mass is 9.91. The molecule has 0 unspecified atom stereocenters. The fraction of sp³-hybridized carbons (Fsp3) is 0.797. The fourth-order valence-corrected chi connectivity index (χ4v) is 12.2. The van der Waals surface area contributed by atoms with Crippen molar-refractivity contribution in [1.29, 1.82) is 0 Å². The number of aliphatic hydroxyl groups excluding tert-OH is 1. The zero-order chi connectivity index (χ0) is 79.7. The van der Waals surface area contributed by atoms with Crippen LogP contribution in [-0.2, 0) is 71.7 Å². The Morgan fingerprint density at radius 1 is 0.553 bits per heavy atom. The van der Waals surface area contributed by atoms with Crippen molar-refractivity contribution >= 4 is 77.0 Å². The lowest BCUT2D eigenvalue weighted by molar-refractivity contribution is -0.157. The van der Waals surface area contributed by atoms with Crippen molar-refractivity contribution < 1.29 is 81.6 Å². The van der Waals surface area contributed by atoms with E-state index in [1.54, 1.807) is 95.2 Å². The van der Waals surface area contributed by atoms with Gasteiger partial charge in [-0.15, -0.1) is 0 Å². The Balaban J connectivity index is 4.30. The van der Waals surface area contributed by atoms with Crippen LogP contribution in [0.3, 0.4) is 0 Å². The van der Waals surface area contributed by atoms with E-state index in [0.717, 1.165) is 14.7 Å². The van der Waals surface area contributed by atoms with Crippen LogP contribution in [0, 0.1) is 41.4 Å². The molecule has 0 aliphatic carbocycles. The highest BCUT2D eigenvalue weighted by Gasteiger charge is 2.46. The van der Waals surface area contributed by atoms with Gasteiger partial charge in [-0.05, 0) is 135 Å². The molecule has 1 fully saturated rings. The van der Waals surface area contributed by atoms with Gasteiger partial charge in [0.05, 0.1) is 25.4 Å². The van der Waals surface area contributed by atoms with Crippen molar-refractivity contribution in [2.75, 3.05) is 69.1 Å². The number of alkyl carbamates (subject to hydrolysis) is 1. The molecule has 1 aliphatic heterocycles. The summed E-state index contributed by atoms with van der Waals surface area (Å²) in [5.74, 6) is -11.8. The third kappa shape index (κ3) is 28.5. The molecule has 1 rings (SSSR count). The first-order chi connectivity index (χ1) is 47.5. The normalized spacial score (nSPS) is 24.9. The third-order valence-corrected chi connectivity index (χ3v) is 18.5. The molecule has 0 aromatic heterocycles. The van der Waals surface area contributed by atoms with Crippen LogP contribution in [0.2, 0.25) is 0 Å². The van der Waals surface area contributed by atoms with E-state index in [-0.39, 0.29) is 81.8 Å². The Hall–Kier alpha value is -7.43. The molecular weight excluding hydrogens is 1330 g/mol. The Morgan fingerprint density at radius 2 is 1.03 bits per heavy atom. The van der Waals surface area contributed by atoms with E-state index in [1.807, 2.05) is 41.5 Å². The van der Waals surface area contributed by atoms with Gasteiger partial charge in [0.1, 0.15) is 72.1 Å². The number of rotatable bonds is 23. The number of ether oxygens (including phenoxy) is 3. The smallest absolute Gasteiger partial charge is 0.408 e. The lowest BCUT2D eigenvalue weighted by Gasteiger charge is -2.41. The van der Waals surface area contributed by atoms with Gasteiger partial charge in [-0.1, -0.05) is 109 Å². The largest absolute Gasteiger partial charge is 0.464 e. The first kappa shape index (κ1) is 93.6. The van der Waals surface area contributed by atoms with Gasteiger partial charge in [0.2, 0.25) is 65.0 Å². The number of carbonyl (C=O) groups excluding carboxylic acids is 13. The number of likely N-dealkylation sites (N-methyl/N-ethyl adjacent to an activating group) is 7. The third-order valence-electron chi connectivity index (χ3n) is 18.5. The molecule has 0 saturated carbocycles. The summed E-state index contributed by atoms with van der Waals surface area (Å²) in [5, 5.41) is 25.7. The maximum atomic E-state index is 15.3. The molecule has 103 heavy (non-hydrogen) atoms. The fourth-order valence-electron chi connectivity index (χ4n) is 12.2. The number of unbranched alkanes of at least 4 members (excludes halogenated alkanes) is 1. The van der Waals surface area contributed by atoms with Crippen LogP contribution in [0.4, 0.5) is 4.79 Å². The number of hydrogen-bond donors (Lipinski definition) is 6. The second kappa shape index (κ2) is 43.1. The summed E-state index contributed by atoms with van der Waals surface area (Å²) in [6.07, 6.45) is 1.16. The van der Waals surface area contributed by atoms with E-state index in [1.165, 1.54) is 89.7 Å². The van der Waals surface area contributed by atoms with Crippen LogP contribution in [0.25, 0.3) is 0 Å². The summed E-state index contributed by atoms with van der Waals surface area (Å²) in [6, 6.07) is -14.4. The maximum absolute atomic E-state index is 15.3. The minimum absolute atomic E-state index is 0.0395. The number of nitrogens with zero attached hydrogens (tertiary/aromatic N) is 7. The monoisotopic (exact) mass is 1460 g/mol. The van der Waals surface area contributed by atoms with Gasteiger partial charge < -0.3 is 80.2 Å². The minimum Gasteiger partial charge on any atom is -0.464 e. The van der Waals surface area contributed by atoms with E-state index in [4.69, 9.17) is 14.2 Å². The SMILES string of the molecule is C/C=C/C[C@@H](C)[C@@H](O)[C@H]1C(=O)N[C@@H](CC)C(=O)N(C)CC(=O)N(C)[C@@H]([C@@H](C)OCCCCOC(=O)[C@@H](NC(=O)OC(C)(C)C)C(C)C)C(=O)N[C@@H](C(C)C)C(=O)N(C)[C@@H](CC(C)C)C(=O)N[C@@H](C)C(=O)N[C@H](C)C(=O)N(C)[C@@H](CC(C)C)C(=O)N(C)[C@@H](CC(C)C)C(=O)N(C)[C@@H](C(C)C)C(=O)N1C. The predicted octanol–water partition coefficient (Wildman–Crippen LogP) is 4.50. The molecule has 1 saturated heterocycles. The maximum Gasteiger partial charge on any atom is 0.408 e. The van der Waals surface area contributed by atoms with Crippen LogP contribution in [0.15, 0.2) is 12.2 Å². The number of amides is 12. The van der Waals surface area contributed by atoms with Crippen molar-refractivity contribution in [1.82, 2.24) is 60.9 Å². The minimum atomic E-state index is -1.67. The lowest BCUT2D eigenvalue weighted by Crippen LogP contribution is -2.63. The average molecular weight is 1460 g/mol. The molecule has 6 N–H and O–H groups in total. The molecule has 0 aromatic carbocycles. The number of nitrogens with one attached hydrogen (secondary N) is 5. The zero-order valence-electron chi connectivity index (χ0n) is 67.4. The van der Waals surface area contributed by atoms with Gasteiger partial charge in [0.15, 0.2) is 0 Å². The number of aliphatic hydroxyl groups is 1. The van der Waals surface area contributed by atoms with E-state index in [9.17, 15) is 43.5 Å². The molecule has 0 radical (unpaired) electrons. The summed E-state index contributed by atoms with van der Waals surface area (Å²) in [4.78, 5) is 197. The second-order valence-corrected chi connectivity index (χ2v) is 31.2. The topological polar surface area (TPSA) is 353 Å². The Morgan fingerprint density at radius 3 is 1.51 bits per heavy atom. The van der Waals surface area contributed by atoms with Crippen LogP contribution in [0.5, 0.6) is 0 Å². The van der Waals surface area contributed by atoms with Crippen molar-refractivity contribution in [2.45, 2.75) is 275 Å². The predicted molar refractivity (Wildman–Crippen MR) is 393 cm³/mol. The van der Waals surface area contributed by atoms with E-state index >= 15 is 24.0 Å². The van der Waals surface area contributed by atoms with Crippen molar-refractivity contribution in [3.8, 4) is 0 Å². The summed E-state index contributed by atoms with van der Waals surface area (Å²) in [6.45, 7) is 35.0. The summed E-state index contributed by atoms with van der Waals surface area (Å²) in [7, 11) is 9.64. The van der Waals surface area contributed by atoms with Gasteiger partial charge in [-0.3, -0.25) is 52.7 Å². The Bertz CT molecular complexity index is 2880. The summed E-state index contributed by atoms with van der Waals surface area (Å²) in [5.41, 5.74) is -0.813. The molecule has 0 spiro atoms. The van der Waals surface area contributed by atoms with Crippen molar-refractivity contribution in [3.05, 3.63) is 12.2 Å². The highest BCUT2D eigenvalue weighted by atomic mass is 16.6. The number of allylic oxidation sites excluding steroid dienone is 2. The van der Waals surface area contributed by atoms with E-state index < -0.39 is 186 Å². The number of esters is 1. The van der Waals surface area contributed by atoms with Gasteiger partial charge in [0.25, 0.3) is 0 Å². The zero-order valence-corrected chi connectivity index (χ0v) is 67.4. The number of carbonyl (C=O) groups is 13. The molecule has 0 bridgehead atoms. The van der Waals surface area contributed by atoms with Gasteiger partial charge in [-0.25, -0.2) is 9.59 Å². The van der Waals surface area contributed by atoms with E-state index in [2.05, 4.69) is 26.6 Å². The van der Waals surface area contributed by atoms with Gasteiger partial charge in [0, 0.05) is 55.9 Å². The quantitative estimate of drug-likeness (QED) is 0.0466. The summed E-state index contributed by atoms with van der Waals surface area (Å²) >= 11 is 0. The molecule has 29 heteroatoms. The molecule has 12 amide bonds. The van der Waals surface area contributed by atoms with Crippen LogP contribution in [-0.4, -0.2) is 270 Å². The van der Waals surface area contributed by atoms with Crippen LogP contribution >= 0.6 is 0 Å². The van der Waals surface area contributed by atoms with Crippen molar-refractivity contribution in [3.63, 3.8) is 0 Å². The standard InChI is InChI=1S/C74H132N12O17/c1-29-31-34-47(15)61(88)60-65(92)77-51(30-2)67(94)80(22)40-55(87)84(26)59(50(18)101-35-32-33-36-102-72(99)57(45(11)12)79-73(100)103-74(19,20)21)64(91)78-56(44(9)10)70(97)81(23)52(37-41(3)4)63(90)75-48(16)62(89)76-49(17)66(93)82(24)53(38-42(5)6)68(95)83(25)54(39-43(7)8)69(96)85(27)58(46(13)14)71(98)86(60)28/h29,31,41-54,56-61,88H,30,32-40H2,1-28H3,(H,75,90)(H,76,89)(H,77,92)(H,78,91)(H,79,100)/b31-29+/t47-,48+,49-,50-,51+,52+,53+,54+,56+,57+,58+,59+,60+,61-/m1/s1. The van der Waals surface area contributed by atoms with Crippen LogP contribution < -0.4 is 26.6 Å². The second-order valence-electron chi connectivity index (χ2n) is 31.2. The molecule has 14 atom stereocenters. The molecule has 29 nitrogen and oxygen atoms in total. The van der Waals surface area contributed by atoms with Crippen LogP contribution in [0.1, 0.15) is 190 Å². The average Bonchev–Trinajstić information content (AvgIpc) is 0.807. The molecule has 0 aromatic rings. The number of hydrogen-bond acceptors (Lipinski definition) is 17. The molecular formula is C74H132N12O17. The molecule has 1 aliphatic rings. The highest BCUT2D eigenvalue weighted by molar-refractivity contribution is 6.00. The Kier molecular flexibility index (Phi) is 39.2. The van der Waals surface area contributed by atoms with Gasteiger partial charge in [-0.2, -0.15) is 0 Å². The summed E-state index contributed by atoms with van der Waals surface area (Å²) < 4.78 is 17.1. The highest BCUT2D eigenvalue weighted by Crippen LogP contribution is 2.26. The Labute approximate surface area is 614 Å². The first-order valence-corrected chi connectivity index (χ1v) is 36.7. The first-order valence-electron chi connectivity index (χ1n) is 36.7.